The summed E-state index contributed by atoms with van der Waals surface area (Å²) in [7, 11) is 0. The molecule has 3 rings (SSSR count). The molecule has 0 atom stereocenters. The molecule has 0 amide bonds. The molecule has 1 aromatic rings. The van der Waals surface area contributed by atoms with Crippen molar-refractivity contribution in [1.29, 1.82) is 0 Å². The first kappa shape index (κ1) is 15.5. The fourth-order valence-corrected chi connectivity index (χ4v) is 4.39. The maximum atomic E-state index is 3.80. The Morgan fingerprint density at radius 2 is 1.86 bits per heavy atom. The van der Waals surface area contributed by atoms with E-state index >= 15 is 0 Å². The van der Waals surface area contributed by atoms with Gasteiger partial charge in [-0.15, -0.1) is 0 Å². The van der Waals surface area contributed by atoms with Gasteiger partial charge in [-0.05, 0) is 38.3 Å². The van der Waals surface area contributed by atoms with Gasteiger partial charge >= 0.3 is 0 Å². The van der Waals surface area contributed by atoms with E-state index in [4.69, 9.17) is 0 Å². The van der Waals surface area contributed by atoms with Gasteiger partial charge in [0, 0.05) is 35.2 Å². The van der Waals surface area contributed by atoms with E-state index in [0.717, 1.165) is 19.6 Å². The predicted octanol–water partition coefficient (Wildman–Crippen LogP) is 4.34. The highest BCUT2D eigenvalue weighted by Crippen LogP contribution is 2.38. The average molecular weight is 351 g/mol. The van der Waals surface area contributed by atoms with Crippen LogP contribution in [0.15, 0.2) is 28.7 Å². The third-order valence-corrected chi connectivity index (χ3v) is 6.03. The van der Waals surface area contributed by atoms with Gasteiger partial charge in [0.05, 0.1) is 0 Å². The zero-order valence-electron chi connectivity index (χ0n) is 13.3. The Kier molecular flexibility index (Phi) is 4.45. The van der Waals surface area contributed by atoms with Gasteiger partial charge < -0.3 is 5.32 Å². The average Bonchev–Trinajstić information content (AvgIpc) is 2.47. The van der Waals surface area contributed by atoms with Crippen LogP contribution in [0.4, 0.5) is 0 Å². The van der Waals surface area contributed by atoms with E-state index in [0.29, 0.717) is 5.54 Å². The number of hydrogen-bond acceptors (Lipinski definition) is 2. The minimum atomic E-state index is 0.212. The fourth-order valence-electron chi connectivity index (χ4n) is 3.98. The molecule has 0 radical (unpaired) electrons. The van der Waals surface area contributed by atoms with Gasteiger partial charge in [0.25, 0.3) is 0 Å². The van der Waals surface area contributed by atoms with Crippen molar-refractivity contribution in [3.63, 3.8) is 0 Å². The van der Waals surface area contributed by atoms with Gasteiger partial charge in [-0.25, -0.2) is 0 Å². The highest BCUT2D eigenvalue weighted by atomic mass is 79.9. The van der Waals surface area contributed by atoms with Crippen LogP contribution in [0.3, 0.4) is 0 Å². The summed E-state index contributed by atoms with van der Waals surface area (Å²) in [6, 6.07) is 8.68. The smallest absolute Gasteiger partial charge is 0.0338 e. The van der Waals surface area contributed by atoms with E-state index in [2.05, 4.69) is 64.3 Å². The summed E-state index contributed by atoms with van der Waals surface area (Å²) < 4.78 is 1.24. The Balaban J connectivity index is 1.85. The summed E-state index contributed by atoms with van der Waals surface area (Å²) in [4.78, 5) is 2.77. The lowest BCUT2D eigenvalue weighted by molar-refractivity contribution is -0.0162. The lowest BCUT2D eigenvalue weighted by Gasteiger charge is -2.54. The molecule has 2 nitrogen and oxygen atoms in total. The lowest BCUT2D eigenvalue weighted by atomic mass is 9.76. The van der Waals surface area contributed by atoms with Crippen LogP contribution in [-0.2, 0) is 6.54 Å². The first-order chi connectivity index (χ1) is 10.0. The number of benzene rings is 1. The quantitative estimate of drug-likeness (QED) is 0.853. The molecule has 1 saturated carbocycles. The van der Waals surface area contributed by atoms with Gasteiger partial charge in [0.2, 0.25) is 0 Å². The fraction of sp³-hybridized carbons (Fsp3) is 0.667. The predicted molar refractivity (Wildman–Crippen MR) is 92.4 cm³/mol. The molecule has 2 fully saturated rings. The summed E-state index contributed by atoms with van der Waals surface area (Å²) >= 11 is 3.72. The zero-order chi connectivity index (χ0) is 14.9. The molecule has 0 aromatic heterocycles. The van der Waals surface area contributed by atoms with Crippen LogP contribution in [0, 0.1) is 0 Å². The molecule has 1 aliphatic heterocycles. The molecule has 1 spiro atoms. The third-order valence-electron chi connectivity index (χ3n) is 5.26. The van der Waals surface area contributed by atoms with Crippen molar-refractivity contribution >= 4 is 15.9 Å². The molecule has 0 unspecified atom stereocenters. The summed E-state index contributed by atoms with van der Waals surface area (Å²) in [5.41, 5.74) is 2.01. The highest BCUT2D eigenvalue weighted by molar-refractivity contribution is 9.10. The number of halogens is 1. The molecule has 21 heavy (non-hydrogen) atoms. The summed E-state index contributed by atoms with van der Waals surface area (Å²) in [5.74, 6) is 0. The van der Waals surface area contributed by atoms with Crippen LogP contribution in [0.5, 0.6) is 0 Å². The molecule has 1 heterocycles. The van der Waals surface area contributed by atoms with Crippen LogP contribution in [0.25, 0.3) is 0 Å². The van der Waals surface area contributed by atoms with E-state index in [9.17, 15) is 0 Å². The second-order valence-electron chi connectivity index (χ2n) is 7.47. The maximum absolute atomic E-state index is 3.80. The van der Waals surface area contributed by atoms with E-state index in [1.165, 1.54) is 42.1 Å². The van der Waals surface area contributed by atoms with E-state index in [1.54, 1.807) is 0 Å². The molecule has 1 aromatic carbocycles. The molecule has 2 aliphatic rings. The van der Waals surface area contributed by atoms with Crippen molar-refractivity contribution in [2.24, 2.45) is 0 Å². The Morgan fingerprint density at radius 3 is 2.57 bits per heavy atom. The van der Waals surface area contributed by atoms with Crippen molar-refractivity contribution in [3.8, 4) is 0 Å². The third kappa shape index (κ3) is 3.35. The standard InChI is InChI=1S/C18H27BrN2/c1-17(2)14-21(12-15-8-4-5-9-16(15)19)18(13-20-17)10-6-3-7-11-18/h4-5,8-9,20H,3,6-7,10-14H2,1-2H3. The molecular formula is C18H27BrN2. The van der Waals surface area contributed by atoms with Gasteiger partial charge in [-0.1, -0.05) is 53.4 Å². The number of hydrogen-bond donors (Lipinski definition) is 1. The van der Waals surface area contributed by atoms with Crippen LogP contribution in [0.1, 0.15) is 51.5 Å². The summed E-state index contributed by atoms with van der Waals surface area (Å²) in [5, 5.41) is 3.80. The van der Waals surface area contributed by atoms with Gasteiger partial charge in [0.1, 0.15) is 0 Å². The molecule has 3 heteroatoms. The first-order valence-corrected chi connectivity index (χ1v) is 9.04. The summed E-state index contributed by atoms with van der Waals surface area (Å²) in [6.07, 6.45) is 6.87. The van der Waals surface area contributed by atoms with Crippen molar-refractivity contribution in [3.05, 3.63) is 34.3 Å². The minimum Gasteiger partial charge on any atom is -0.309 e. The summed E-state index contributed by atoms with van der Waals surface area (Å²) in [6.45, 7) is 8.00. The number of rotatable bonds is 2. The lowest BCUT2D eigenvalue weighted by Crippen LogP contribution is -2.68. The largest absolute Gasteiger partial charge is 0.309 e. The second kappa shape index (κ2) is 6.02. The maximum Gasteiger partial charge on any atom is 0.0338 e. The van der Waals surface area contributed by atoms with Gasteiger partial charge in [-0.2, -0.15) is 0 Å². The van der Waals surface area contributed by atoms with Gasteiger partial charge in [-0.3, -0.25) is 4.90 Å². The topological polar surface area (TPSA) is 15.3 Å². The molecule has 1 aliphatic carbocycles. The highest BCUT2D eigenvalue weighted by Gasteiger charge is 2.44. The number of nitrogens with one attached hydrogen (secondary N) is 1. The minimum absolute atomic E-state index is 0.212. The Morgan fingerprint density at radius 1 is 1.14 bits per heavy atom. The number of nitrogens with zero attached hydrogens (tertiary/aromatic N) is 1. The molecule has 1 saturated heterocycles. The van der Waals surface area contributed by atoms with Crippen molar-refractivity contribution in [2.75, 3.05) is 13.1 Å². The van der Waals surface area contributed by atoms with Crippen molar-refractivity contribution in [2.45, 2.75) is 63.6 Å². The Bertz CT molecular complexity index is 492. The zero-order valence-corrected chi connectivity index (χ0v) is 14.9. The van der Waals surface area contributed by atoms with E-state index in [-0.39, 0.29) is 5.54 Å². The molecular weight excluding hydrogens is 324 g/mol. The van der Waals surface area contributed by atoms with Crippen LogP contribution >= 0.6 is 15.9 Å². The SMILES string of the molecule is CC1(C)CN(Cc2ccccc2Br)C2(CCCCC2)CN1. The number of piperazine rings is 1. The normalized spacial score (nSPS) is 25.1. The van der Waals surface area contributed by atoms with E-state index in [1.807, 2.05) is 0 Å². The van der Waals surface area contributed by atoms with Gasteiger partial charge in [0.15, 0.2) is 0 Å². The molecule has 1 N–H and O–H groups in total. The van der Waals surface area contributed by atoms with Crippen molar-refractivity contribution in [1.82, 2.24) is 10.2 Å². The second-order valence-corrected chi connectivity index (χ2v) is 8.32. The molecule has 116 valence electrons. The Labute approximate surface area is 137 Å². The Hall–Kier alpha value is -0.380. The van der Waals surface area contributed by atoms with Crippen LogP contribution in [-0.4, -0.2) is 29.1 Å². The monoisotopic (exact) mass is 350 g/mol. The molecule has 0 bridgehead atoms. The van der Waals surface area contributed by atoms with E-state index < -0.39 is 0 Å². The first-order valence-electron chi connectivity index (χ1n) is 8.24. The van der Waals surface area contributed by atoms with Crippen LogP contribution < -0.4 is 5.32 Å². The van der Waals surface area contributed by atoms with Crippen molar-refractivity contribution < 1.29 is 0 Å². The van der Waals surface area contributed by atoms with Crippen LogP contribution in [0.2, 0.25) is 0 Å².